The number of halogens is 1. The van der Waals surface area contributed by atoms with E-state index in [4.69, 9.17) is 11.1 Å². The largest absolute Gasteiger partial charge is 0.178 e. The maximum atomic E-state index is 6.15. The first-order valence-corrected chi connectivity index (χ1v) is 7.19. The Balaban J connectivity index is 1.90. The molecule has 0 atom stereocenters. The molecule has 0 heterocycles. The first kappa shape index (κ1) is 7.87. The lowest BCUT2D eigenvalue weighted by Crippen LogP contribution is -2.43. The van der Waals surface area contributed by atoms with Crippen molar-refractivity contribution in [3.8, 4) is 0 Å². The molecule has 4 fully saturated rings. The van der Waals surface area contributed by atoms with E-state index >= 15 is 0 Å². The molecule has 4 rings (SSSR count). The van der Waals surface area contributed by atoms with Gasteiger partial charge in [0.2, 0.25) is 0 Å². The summed E-state index contributed by atoms with van der Waals surface area (Å²) in [6.07, 6.45) is 9.05. The zero-order valence-electron chi connectivity index (χ0n) is 7.35. The van der Waals surface area contributed by atoms with Crippen molar-refractivity contribution in [1.29, 1.82) is 0 Å². The lowest BCUT2D eigenvalue weighted by molar-refractivity contribution is 0.0296. The van der Waals surface area contributed by atoms with Gasteiger partial charge in [-0.2, -0.15) is 11.1 Å². The molecule has 0 amide bonds. The van der Waals surface area contributed by atoms with Crippen molar-refractivity contribution in [2.24, 2.45) is 17.8 Å². The molecule has 0 saturated heterocycles. The van der Waals surface area contributed by atoms with Crippen LogP contribution in [0.25, 0.3) is 0 Å². The van der Waals surface area contributed by atoms with E-state index in [-0.39, 0.29) is 0 Å². The second-order valence-corrected chi connectivity index (χ2v) is 7.11. The minimum atomic E-state index is 0.635. The molecule has 0 aromatic heterocycles. The predicted molar refractivity (Wildman–Crippen MR) is 52.5 cm³/mol. The van der Waals surface area contributed by atoms with Crippen molar-refractivity contribution in [3.05, 3.63) is 0 Å². The summed E-state index contributed by atoms with van der Waals surface area (Å²) < 4.78 is 0. The molecule has 0 aromatic carbocycles. The summed E-state index contributed by atoms with van der Waals surface area (Å²) >= 11 is 6.15. The van der Waals surface area contributed by atoms with Crippen LogP contribution in [0, 0.1) is 17.8 Å². The van der Waals surface area contributed by atoms with Gasteiger partial charge in [-0.15, -0.1) is 0 Å². The fraction of sp³-hybridized carbons (Fsp3) is 1.00. The van der Waals surface area contributed by atoms with E-state index in [1.54, 1.807) is 19.3 Å². The van der Waals surface area contributed by atoms with Gasteiger partial charge in [-0.05, 0) is 61.3 Å². The molecule has 2 radical (unpaired) electrons. The third kappa shape index (κ3) is 1.02. The molecule has 0 unspecified atom stereocenters. The molecule has 4 bridgehead atoms. The maximum Gasteiger partial charge on any atom is 0.178 e. The Morgan fingerprint density at radius 2 is 1.33 bits per heavy atom. The van der Waals surface area contributed by atoms with Crippen molar-refractivity contribution in [2.45, 2.75) is 43.6 Å². The van der Waals surface area contributed by atoms with Gasteiger partial charge < -0.3 is 0 Å². The summed E-state index contributed by atoms with van der Waals surface area (Å²) in [6.45, 7) is 0. The summed E-state index contributed by atoms with van der Waals surface area (Å²) in [5, 5.41) is 0.635. The molecule has 0 aliphatic heterocycles. The van der Waals surface area contributed by atoms with E-state index in [9.17, 15) is 0 Å². The van der Waals surface area contributed by atoms with E-state index < -0.39 is 0 Å². The van der Waals surface area contributed by atoms with Gasteiger partial charge >= 0.3 is 0 Å². The van der Waals surface area contributed by atoms with Crippen molar-refractivity contribution >= 4 is 19.9 Å². The summed E-state index contributed by atoms with van der Waals surface area (Å²) in [5.74, 6) is 3.22. The molecular formula is C10H15ClSi. The van der Waals surface area contributed by atoms with Crippen LogP contribution in [0.1, 0.15) is 38.5 Å². The van der Waals surface area contributed by atoms with E-state index in [1.807, 2.05) is 0 Å². The molecule has 66 valence electrons. The van der Waals surface area contributed by atoms with Crippen LogP contribution in [0.2, 0.25) is 5.04 Å². The summed E-state index contributed by atoms with van der Waals surface area (Å²) in [6, 6.07) is 0. The van der Waals surface area contributed by atoms with Crippen LogP contribution in [-0.2, 0) is 0 Å². The molecule has 0 nitrogen and oxygen atoms in total. The van der Waals surface area contributed by atoms with E-state index in [0.717, 1.165) is 17.8 Å². The molecule has 2 heteroatoms. The van der Waals surface area contributed by atoms with Crippen LogP contribution in [0.15, 0.2) is 0 Å². The molecule has 12 heavy (non-hydrogen) atoms. The van der Waals surface area contributed by atoms with Gasteiger partial charge in [-0.25, -0.2) is 0 Å². The van der Waals surface area contributed by atoms with Crippen molar-refractivity contribution in [1.82, 2.24) is 0 Å². The molecule has 0 N–H and O–H groups in total. The topological polar surface area (TPSA) is 0 Å². The van der Waals surface area contributed by atoms with Crippen molar-refractivity contribution < 1.29 is 0 Å². The Labute approximate surface area is 81.6 Å². The van der Waals surface area contributed by atoms with Crippen LogP contribution in [0.5, 0.6) is 0 Å². The smallest absolute Gasteiger partial charge is 0.171 e. The molecule has 4 saturated carbocycles. The number of hydrogen-bond acceptors (Lipinski definition) is 0. The Kier molecular flexibility index (Phi) is 1.64. The fourth-order valence-electron chi connectivity index (χ4n) is 4.23. The lowest BCUT2D eigenvalue weighted by Gasteiger charge is -2.56. The summed E-state index contributed by atoms with van der Waals surface area (Å²) in [4.78, 5) is 0. The Morgan fingerprint density at radius 1 is 0.917 bits per heavy atom. The molecule has 4 aliphatic carbocycles. The van der Waals surface area contributed by atoms with Gasteiger partial charge in [-0.1, -0.05) is 0 Å². The van der Waals surface area contributed by atoms with Gasteiger partial charge in [0.1, 0.15) is 0 Å². The maximum absolute atomic E-state index is 6.15. The average molecular weight is 199 g/mol. The minimum absolute atomic E-state index is 0.635. The van der Waals surface area contributed by atoms with Crippen LogP contribution in [0.4, 0.5) is 0 Å². The van der Waals surface area contributed by atoms with E-state index in [2.05, 4.69) is 0 Å². The molecule has 0 spiro atoms. The second kappa shape index (κ2) is 2.51. The zero-order chi connectivity index (χ0) is 8.18. The summed E-state index contributed by atoms with van der Waals surface area (Å²) in [5.41, 5.74) is 0. The highest BCUT2D eigenvalue weighted by molar-refractivity contribution is 6.95. The second-order valence-electron chi connectivity index (χ2n) is 5.29. The monoisotopic (exact) mass is 198 g/mol. The third-order valence-corrected chi connectivity index (χ3v) is 6.45. The van der Waals surface area contributed by atoms with E-state index in [1.165, 1.54) is 19.3 Å². The predicted octanol–water partition coefficient (Wildman–Crippen LogP) is 3.23. The lowest BCUT2D eigenvalue weighted by atomic mass is 9.56. The SMILES string of the molecule is Cl[Si]C12CC3CC(CC(C3)C1)C2. The highest BCUT2D eigenvalue weighted by Gasteiger charge is 2.50. The summed E-state index contributed by atoms with van der Waals surface area (Å²) in [7, 11) is 0.703. The minimum Gasteiger partial charge on any atom is -0.171 e. The van der Waals surface area contributed by atoms with Gasteiger partial charge in [0.15, 0.2) is 8.83 Å². The highest BCUT2D eigenvalue weighted by Crippen LogP contribution is 2.63. The van der Waals surface area contributed by atoms with Crippen LogP contribution in [0.3, 0.4) is 0 Å². The quantitative estimate of drug-likeness (QED) is 0.449. The average Bonchev–Trinajstić information content (AvgIpc) is 2.02. The first-order valence-electron chi connectivity index (χ1n) is 5.17. The Hall–Kier alpha value is 0.507. The first-order chi connectivity index (χ1) is 5.80. The van der Waals surface area contributed by atoms with Gasteiger partial charge in [-0.3, -0.25) is 0 Å². The molecule has 0 aromatic rings. The van der Waals surface area contributed by atoms with Gasteiger partial charge in [0.05, 0.1) is 0 Å². The van der Waals surface area contributed by atoms with Crippen LogP contribution < -0.4 is 0 Å². The fourth-order valence-corrected chi connectivity index (χ4v) is 6.02. The molecular weight excluding hydrogens is 184 g/mol. The normalized spacial score (nSPS) is 56.2. The van der Waals surface area contributed by atoms with E-state index in [0.29, 0.717) is 13.9 Å². The Morgan fingerprint density at radius 3 is 1.67 bits per heavy atom. The number of rotatable bonds is 1. The van der Waals surface area contributed by atoms with Crippen LogP contribution in [-0.4, -0.2) is 8.83 Å². The van der Waals surface area contributed by atoms with Crippen molar-refractivity contribution in [2.75, 3.05) is 0 Å². The molecule has 4 aliphatic rings. The third-order valence-electron chi connectivity index (χ3n) is 4.24. The Bertz CT molecular complexity index is 167. The zero-order valence-corrected chi connectivity index (χ0v) is 9.11. The highest BCUT2D eigenvalue weighted by atomic mass is 35.6. The van der Waals surface area contributed by atoms with Gasteiger partial charge in [0, 0.05) is 0 Å². The standard InChI is InChI=1S/C10H15ClSi/c11-12-10-4-7-1-8(5-10)3-9(2-7)6-10/h7-9H,1-6H2. The van der Waals surface area contributed by atoms with Gasteiger partial charge in [0.25, 0.3) is 0 Å². The van der Waals surface area contributed by atoms with Crippen molar-refractivity contribution in [3.63, 3.8) is 0 Å². The van der Waals surface area contributed by atoms with Crippen LogP contribution >= 0.6 is 11.1 Å². The number of hydrogen-bond donors (Lipinski definition) is 0.